The third-order valence-corrected chi connectivity index (χ3v) is 4.53. The van der Waals surface area contributed by atoms with Gasteiger partial charge in [0, 0.05) is 21.8 Å². The molecule has 0 saturated carbocycles. The lowest BCUT2D eigenvalue weighted by Gasteiger charge is -2.17. The van der Waals surface area contributed by atoms with Crippen molar-refractivity contribution in [2.75, 3.05) is 12.9 Å². The number of methoxy groups -OCH3 is 1. The van der Waals surface area contributed by atoms with Crippen molar-refractivity contribution < 1.29 is 19.0 Å². The van der Waals surface area contributed by atoms with Crippen LogP contribution >= 0.6 is 11.8 Å². The second-order valence-corrected chi connectivity index (χ2v) is 5.88. The van der Waals surface area contributed by atoms with Gasteiger partial charge < -0.3 is 9.84 Å². The summed E-state index contributed by atoms with van der Waals surface area (Å²) in [5.74, 6) is 0.308. The fourth-order valence-electron chi connectivity index (χ4n) is 2.30. The molecule has 3 nitrogen and oxygen atoms in total. The van der Waals surface area contributed by atoms with E-state index in [-0.39, 0.29) is 11.5 Å². The Morgan fingerprint density at radius 3 is 2.82 bits per heavy atom. The maximum Gasteiger partial charge on any atom is 0.191 e. The molecule has 1 aliphatic heterocycles. The molecule has 1 heterocycles. The second kappa shape index (κ2) is 5.85. The van der Waals surface area contributed by atoms with E-state index in [1.54, 1.807) is 24.3 Å². The standard InChI is InChI=1S/C17H13FO3S/c1-21-15-4-2-10(7-14(15)19)6-11-9-22-16-5-3-12(18)8-13(16)17(11)20/h2-8,19H,9H2,1H3. The van der Waals surface area contributed by atoms with Crippen LogP contribution in [0.3, 0.4) is 0 Å². The van der Waals surface area contributed by atoms with E-state index in [9.17, 15) is 14.3 Å². The van der Waals surface area contributed by atoms with Gasteiger partial charge in [-0.15, -0.1) is 11.8 Å². The molecule has 0 aliphatic carbocycles. The van der Waals surface area contributed by atoms with Crippen molar-refractivity contribution in [2.24, 2.45) is 0 Å². The summed E-state index contributed by atoms with van der Waals surface area (Å²) < 4.78 is 18.3. The summed E-state index contributed by atoms with van der Waals surface area (Å²) in [5, 5.41) is 9.79. The Bertz CT molecular complexity index is 783. The molecule has 0 fully saturated rings. The maximum atomic E-state index is 13.3. The Labute approximate surface area is 131 Å². The largest absolute Gasteiger partial charge is 0.504 e. The molecule has 1 N–H and O–H groups in total. The number of hydrogen-bond acceptors (Lipinski definition) is 4. The van der Waals surface area contributed by atoms with Gasteiger partial charge in [-0.25, -0.2) is 4.39 Å². The Morgan fingerprint density at radius 2 is 2.09 bits per heavy atom. The number of thioether (sulfide) groups is 1. The normalized spacial score (nSPS) is 15.7. The molecule has 0 aromatic heterocycles. The van der Waals surface area contributed by atoms with Gasteiger partial charge in [-0.3, -0.25) is 4.79 Å². The quantitative estimate of drug-likeness (QED) is 0.853. The zero-order valence-corrected chi connectivity index (χ0v) is 12.6. The number of halogens is 1. The van der Waals surface area contributed by atoms with Crippen LogP contribution in [0.4, 0.5) is 4.39 Å². The number of benzene rings is 2. The molecular formula is C17H13FO3S. The molecule has 0 saturated heterocycles. The fourth-order valence-corrected chi connectivity index (χ4v) is 3.30. The SMILES string of the molecule is COc1ccc(C=C2CSc3ccc(F)cc3C2=O)cc1O. The highest BCUT2D eigenvalue weighted by atomic mass is 32.2. The minimum Gasteiger partial charge on any atom is -0.504 e. The first kappa shape index (κ1) is 14.7. The molecule has 0 unspecified atom stereocenters. The number of carbonyl (C=O) groups excluding carboxylic acids is 1. The van der Waals surface area contributed by atoms with E-state index in [0.717, 1.165) is 4.90 Å². The monoisotopic (exact) mass is 316 g/mol. The molecule has 0 spiro atoms. The van der Waals surface area contributed by atoms with Crippen LogP contribution in [0.25, 0.3) is 6.08 Å². The number of ketones is 1. The number of phenolic OH excluding ortho intramolecular Hbond substituents is 1. The Hall–Kier alpha value is -2.27. The topological polar surface area (TPSA) is 46.5 Å². The zero-order chi connectivity index (χ0) is 15.7. The molecule has 2 aromatic carbocycles. The molecule has 2 aromatic rings. The van der Waals surface area contributed by atoms with Crippen LogP contribution in [0.2, 0.25) is 0 Å². The summed E-state index contributed by atoms with van der Waals surface area (Å²) in [5.41, 5.74) is 1.66. The number of hydrogen-bond donors (Lipinski definition) is 1. The Kier molecular flexibility index (Phi) is 3.90. The van der Waals surface area contributed by atoms with E-state index in [1.165, 1.54) is 37.1 Å². The van der Waals surface area contributed by atoms with Crippen LogP contribution in [0, 0.1) is 5.82 Å². The molecule has 5 heteroatoms. The Balaban J connectivity index is 1.96. The lowest BCUT2D eigenvalue weighted by Crippen LogP contribution is -2.12. The summed E-state index contributed by atoms with van der Waals surface area (Å²) >= 11 is 1.50. The number of rotatable bonds is 2. The van der Waals surface area contributed by atoms with Gasteiger partial charge in [0.05, 0.1) is 7.11 Å². The van der Waals surface area contributed by atoms with Crippen LogP contribution in [0.5, 0.6) is 11.5 Å². The lowest BCUT2D eigenvalue weighted by atomic mass is 10.0. The van der Waals surface area contributed by atoms with Crippen molar-refractivity contribution in [3.8, 4) is 11.5 Å². The number of ether oxygens (including phenoxy) is 1. The first-order valence-corrected chi connectivity index (χ1v) is 7.61. The van der Waals surface area contributed by atoms with Crippen molar-refractivity contribution in [1.82, 2.24) is 0 Å². The van der Waals surface area contributed by atoms with E-state index in [2.05, 4.69) is 0 Å². The molecule has 0 bridgehead atoms. The second-order valence-electron chi connectivity index (χ2n) is 4.86. The molecule has 0 atom stereocenters. The van der Waals surface area contributed by atoms with E-state index in [1.807, 2.05) is 0 Å². The third kappa shape index (κ3) is 2.72. The molecule has 3 rings (SSSR count). The summed E-state index contributed by atoms with van der Waals surface area (Å²) in [7, 11) is 1.47. The van der Waals surface area contributed by atoms with Crippen LogP contribution in [-0.2, 0) is 0 Å². The van der Waals surface area contributed by atoms with Crippen molar-refractivity contribution in [1.29, 1.82) is 0 Å². The Morgan fingerprint density at radius 1 is 1.27 bits per heavy atom. The number of phenols is 1. The van der Waals surface area contributed by atoms with Gasteiger partial charge >= 0.3 is 0 Å². The molecule has 112 valence electrons. The van der Waals surface area contributed by atoms with Crippen molar-refractivity contribution >= 4 is 23.6 Å². The summed E-state index contributed by atoms with van der Waals surface area (Å²) in [4.78, 5) is 13.2. The number of carbonyl (C=O) groups is 1. The summed E-state index contributed by atoms with van der Waals surface area (Å²) in [6, 6.07) is 9.17. The predicted molar refractivity (Wildman–Crippen MR) is 84.1 cm³/mol. The number of fused-ring (bicyclic) bond motifs is 1. The summed E-state index contributed by atoms with van der Waals surface area (Å²) in [6.45, 7) is 0. The van der Waals surface area contributed by atoms with Crippen LogP contribution in [0.15, 0.2) is 46.9 Å². The van der Waals surface area contributed by atoms with Gasteiger partial charge in [0.15, 0.2) is 17.3 Å². The van der Waals surface area contributed by atoms with Crippen LogP contribution in [-0.4, -0.2) is 23.8 Å². The van der Waals surface area contributed by atoms with Gasteiger partial charge in [-0.05, 0) is 42.0 Å². The van der Waals surface area contributed by atoms with Gasteiger partial charge in [0.25, 0.3) is 0 Å². The smallest absolute Gasteiger partial charge is 0.191 e. The summed E-state index contributed by atoms with van der Waals surface area (Å²) in [6.07, 6.45) is 1.71. The van der Waals surface area contributed by atoms with E-state index < -0.39 is 5.82 Å². The number of Topliss-reactive ketones (excluding diaryl/α,β-unsaturated/α-hetero) is 1. The van der Waals surface area contributed by atoms with Crippen LogP contribution in [0.1, 0.15) is 15.9 Å². The highest BCUT2D eigenvalue weighted by molar-refractivity contribution is 7.99. The van der Waals surface area contributed by atoms with Crippen LogP contribution < -0.4 is 4.74 Å². The van der Waals surface area contributed by atoms with E-state index in [4.69, 9.17) is 4.74 Å². The lowest BCUT2D eigenvalue weighted by molar-refractivity contribution is 0.103. The zero-order valence-electron chi connectivity index (χ0n) is 11.8. The molecular weight excluding hydrogens is 303 g/mol. The van der Waals surface area contributed by atoms with Crippen molar-refractivity contribution in [2.45, 2.75) is 4.90 Å². The highest BCUT2D eigenvalue weighted by Crippen LogP contribution is 2.34. The average molecular weight is 316 g/mol. The molecule has 1 aliphatic rings. The van der Waals surface area contributed by atoms with Gasteiger partial charge in [0.2, 0.25) is 0 Å². The molecule has 22 heavy (non-hydrogen) atoms. The van der Waals surface area contributed by atoms with E-state index >= 15 is 0 Å². The van der Waals surface area contributed by atoms with Gasteiger partial charge in [0.1, 0.15) is 5.82 Å². The van der Waals surface area contributed by atoms with Gasteiger partial charge in [-0.2, -0.15) is 0 Å². The van der Waals surface area contributed by atoms with Crippen molar-refractivity contribution in [3.05, 3.63) is 58.9 Å². The van der Waals surface area contributed by atoms with Crippen molar-refractivity contribution in [3.63, 3.8) is 0 Å². The van der Waals surface area contributed by atoms with Gasteiger partial charge in [-0.1, -0.05) is 6.07 Å². The average Bonchev–Trinajstić information content (AvgIpc) is 2.51. The first-order valence-electron chi connectivity index (χ1n) is 6.63. The number of aromatic hydroxyl groups is 1. The molecule has 0 radical (unpaired) electrons. The van der Waals surface area contributed by atoms with E-state index in [0.29, 0.717) is 28.2 Å². The highest BCUT2D eigenvalue weighted by Gasteiger charge is 2.23. The first-order chi connectivity index (χ1) is 10.6. The minimum absolute atomic E-state index is 0.0132. The fraction of sp³-hybridized carbons (Fsp3) is 0.118. The maximum absolute atomic E-state index is 13.3. The predicted octanol–water partition coefficient (Wildman–Crippen LogP) is 3.91. The molecule has 0 amide bonds. The third-order valence-electron chi connectivity index (χ3n) is 3.40. The minimum atomic E-state index is -0.420.